The Labute approximate surface area is 106 Å². The van der Waals surface area contributed by atoms with E-state index < -0.39 is 10.0 Å². The zero-order valence-electron chi connectivity index (χ0n) is 10.4. The summed E-state index contributed by atoms with van der Waals surface area (Å²) in [6.45, 7) is 5.16. The summed E-state index contributed by atoms with van der Waals surface area (Å²) >= 11 is 0. The Morgan fingerprint density at radius 3 is 2.50 bits per heavy atom. The molecule has 0 saturated carbocycles. The predicted molar refractivity (Wildman–Crippen MR) is 67.8 cm³/mol. The van der Waals surface area contributed by atoms with Crippen molar-refractivity contribution in [2.75, 3.05) is 4.72 Å². The number of hydrogen-bond donors (Lipinski definition) is 2. The van der Waals surface area contributed by atoms with Crippen LogP contribution in [0.25, 0.3) is 0 Å². The van der Waals surface area contributed by atoms with Crippen molar-refractivity contribution >= 4 is 15.7 Å². The van der Waals surface area contributed by atoms with Crippen LogP contribution in [0.3, 0.4) is 0 Å². The number of rotatable bonds is 3. The first-order chi connectivity index (χ1) is 8.40. The Kier molecular flexibility index (Phi) is 3.08. The zero-order valence-corrected chi connectivity index (χ0v) is 11.2. The van der Waals surface area contributed by atoms with Gasteiger partial charge in [0.25, 0.3) is 10.0 Å². The second-order valence-electron chi connectivity index (χ2n) is 4.12. The first kappa shape index (κ1) is 12.6. The average Bonchev–Trinajstić information content (AvgIpc) is 2.58. The molecule has 0 bridgehead atoms. The van der Waals surface area contributed by atoms with E-state index in [1.165, 1.54) is 6.20 Å². The first-order valence-corrected chi connectivity index (χ1v) is 6.84. The number of aryl methyl sites for hydroxylation is 3. The molecular weight excluding hydrogens is 252 g/mol. The van der Waals surface area contributed by atoms with Crippen LogP contribution in [-0.2, 0) is 10.0 Å². The quantitative estimate of drug-likeness (QED) is 0.881. The van der Waals surface area contributed by atoms with Crippen LogP contribution in [0.4, 0.5) is 5.69 Å². The Morgan fingerprint density at radius 2 is 1.94 bits per heavy atom. The van der Waals surface area contributed by atoms with Crippen LogP contribution in [0.15, 0.2) is 23.4 Å². The second kappa shape index (κ2) is 4.41. The number of H-pyrrole nitrogens is 1. The molecule has 2 heterocycles. The fourth-order valence-electron chi connectivity index (χ4n) is 1.75. The molecule has 2 aromatic heterocycles. The van der Waals surface area contributed by atoms with Gasteiger partial charge in [0.1, 0.15) is 4.90 Å². The Morgan fingerprint density at radius 1 is 1.22 bits per heavy atom. The minimum Gasteiger partial charge on any atom is -0.281 e. The summed E-state index contributed by atoms with van der Waals surface area (Å²) in [7, 11) is -3.63. The van der Waals surface area contributed by atoms with Gasteiger partial charge in [0, 0.05) is 6.20 Å². The summed E-state index contributed by atoms with van der Waals surface area (Å²) in [5.41, 5.74) is 2.28. The van der Waals surface area contributed by atoms with Gasteiger partial charge in [0.15, 0.2) is 0 Å². The normalized spacial score (nSPS) is 11.5. The van der Waals surface area contributed by atoms with Crippen molar-refractivity contribution in [3.8, 4) is 0 Å². The number of aromatic nitrogens is 3. The van der Waals surface area contributed by atoms with E-state index in [4.69, 9.17) is 0 Å². The van der Waals surface area contributed by atoms with Gasteiger partial charge in [-0.1, -0.05) is 0 Å². The lowest BCUT2D eigenvalue weighted by Gasteiger charge is -2.08. The third-order valence-electron chi connectivity index (χ3n) is 2.46. The smallest absolute Gasteiger partial charge is 0.265 e. The number of hydrogen-bond acceptors (Lipinski definition) is 4. The van der Waals surface area contributed by atoms with Crippen LogP contribution in [0.5, 0.6) is 0 Å². The standard InChI is InChI=1S/C11H14N4O2S/c1-7-4-10(6-12-5-7)15-18(16,17)11-8(2)13-14-9(11)3/h4-6,15H,1-3H3,(H,13,14). The lowest BCUT2D eigenvalue weighted by molar-refractivity contribution is 0.600. The fourth-order valence-corrected chi connectivity index (χ4v) is 3.16. The van der Waals surface area contributed by atoms with Crippen molar-refractivity contribution in [2.45, 2.75) is 25.7 Å². The predicted octanol–water partition coefficient (Wildman–Crippen LogP) is 1.53. The maximum absolute atomic E-state index is 12.2. The summed E-state index contributed by atoms with van der Waals surface area (Å²) in [5.74, 6) is 0. The van der Waals surface area contributed by atoms with E-state index in [1.54, 1.807) is 26.1 Å². The fraction of sp³-hybridized carbons (Fsp3) is 0.273. The van der Waals surface area contributed by atoms with Crippen LogP contribution in [-0.4, -0.2) is 23.6 Å². The number of aromatic amines is 1. The molecule has 0 amide bonds. The minimum absolute atomic E-state index is 0.184. The molecule has 2 aromatic rings. The van der Waals surface area contributed by atoms with Crippen molar-refractivity contribution in [2.24, 2.45) is 0 Å². The van der Waals surface area contributed by atoms with Gasteiger partial charge < -0.3 is 0 Å². The van der Waals surface area contributed by atoms with Crippen LogP contribution >= 0.6 is 0 Å². The Hall–Kier alpha value is -1.89. The molecule has 0 atom stereocenters. The molecule has 0 aromatic carbocycles. The Balaban J connectivity index is 2.39. The summed E-state index contributed by atoms with van der Waals surface area (Å²) in [6.07, 6.45) is 3.13. The van der Waals surface area contributed by atoms with Crippen molar-refractivity contribution in [3.05, 3.63) is 35.4 Å². The molecule has 6 nitrogen and oxygen atoms in total. The van der Waals surface area contributed by atoms with Gasteiger partial charge in [0.05, 0.1) is 23.3 Å². The van der Waals surface area contributed by atoms with Gasteiger partial charge in [-0.05, 0) is 32.4 Å². The van der Waals surface area contributed by atoms with Gasteiger partial charge in [-0.2, -0.15) is 5.10 Å². The average molecular weight is 266 g/mol. The molecule has 2 rings (SSSR count). The maximum atomic E-state index is 12.2. The lowest BCUT2D eigenvalue weighted by atomic mass is 10.3. The molecule has 0 aliphatic heterocycles. The van der Waals surface area contributed by atoms with Crippen molar-refractivity contribution in [3.63, 3.8) is 0 Å². The molecule has 0 unspecified atom stereocenters. The molecule has 7 heteroatoms. The topological polar surface area (TPSA) is 87.7 Å². The molecule has 0 aliphatic rings. The van der Waals surface area contributed by atoms with Crippen LogP contribution in [0, 0.1) is 20.8 Å². The van der Waals surface area contributed by atoms with Crippen molar-refractivity contribution in [1.29, 1.82) is 0 Å². The van der Waals surface area contributed by atoms with E-state index in [0.29, 0.717) is 17.1 Å². The van der Waals surface area contributed by atoms with Gasteiger partial charge >= 0.3 is 0 Å². The Bertz CT molecular complexity index is 657. The molecule has 0 radical (unpaired) electrons. The largest absolute Gasteiger partial charge is 0.281 e. The number of pyridine rings is 1. The monoisotopic (exact) mass is 266 g/mol. The number of nitrogens with zero attached hydrogens (tertiary/aromatic N) is 2. The highest BCUT2D eigenvalue weighted by Gasteiger charge is 2.22. The van der Waals surface area contributed by atoms with E-state index in [2.05, 4.69) is 19.9 Å². The van der Waals surface area contributed by atoms with Gasteiger partial charge in [-0.3, -0.25) is 14.8 Å². The van der Waals surface area contributed by atoms with E-state index >= 15 is 0 Å². The summed E-state index contributed by atoms with van der Waals surface area (Å²) < 4.78 is 26.9. The molecule has 18 heavy (non-hydrogen) atoms. The van der Waals surface area contributed by atoms with E-state index in [0.717, 1.165) is 5.56 Å². The number of sulfonamides is 1. The van der Waals surface area contributed by atoms with Gasteiger partial charge in [-0.15, -0.1) is 0 Å². The maximum Gasteiger partial charge on any atom is 0.265 e. The van der Waals surface area contributed by atoms with Crippen LogP contribution < -0.4 is 4.72 Å². The summed E-state index contributed by atoms with van der Waals surface area (Å²) in [4.78, 5) is 4.13. The van der Waals surface area contributed by atoms with E-state index in [-0.39, 0.29) is 4.90 Å². The second-order valence-corrected chi connectivity index (χ2v) is 5.74. The number of anilines is 1. The third-order valence-corrected chi connectivity index (χ3v) is 4.10. The molecule has 2 N–H and O–H groups in total. The zero-order chi connectivity index (χ0) is 13.3. The molecule has 0 fully saturated rings. The lowest BCUT2D eigenvalue weighted by Crippen LogP contribution is -2.14. The molecule has 0 aliphatic carbocycles. The molecule has 96 valence electrons. The molecule has 0 saturated heterocycles. The minimum atomic E-state index is -3.63. The first-order valence-electron chi connectivity index (χ1n) is 5.36. The van der Waals surface area contributed by atoms with Crippen molar-refractivity contribution in [1.82, 2.24) is 15.2 Å². The third kappa shape index (κ3) is 2.35. The summed E-state index contributed by atoms with van der Waals surface area (Å²) in [5, 5.41) is 6.54. The highest BCUT2D eigenvalue weighted by molar-refractivity contribution is 7.92. The van der Waals surface area contributed by atoms with E-state index in [1.807, 2.05) is 6.92 Å². The van der Waals surface area contributed by atoms with Gasteiger partial charge in [0.2, 0.25) is 0 Å². The number of nitrogens with one attached hydrogen (secondary N) is 2. The van der Waals surface area contributed by atoms with Crippen molar-refractivity contribution < 1.29 is 8.42 Å². The molecular formula is C11H14N4O2S. The molecule has 0 spiro atoms. The highest BCUT2D eigenvalue weighted by atomic mass is 32.2. The van der Waals surface area contributed by atoms with Gasteiger partial charge in [-0.25, -0.2) is 8.42 Å². The van der Waals surface area contributed by atoms with Crippen LogP contribution in [0.2, 0.25) is 0 Å². The SMILES string of the molecule is Cc1cncc(NS(=O)(=O)c2c(C)n[nH]c2C)c1. The summed E-state index contributed by atoms with van der Waals surface area (Å²) in [6, 6.07) is 1.72. The highest BCUT2D eigenvalue weighted by Crippen LogP contribution is 2.20. The van der Waals surface area contributed by atoms with E-state index in [9.17, 15) is 8.42 Å². The van der Waals surface area contributed by atoms with Crippen LogP contribution in [0.1, 0.15) is 17.0 Å².